The van der Waals surface area contributed by atoms with Crippen LogP contribution < -0.4 is 9.80 Å². The number of rotatable bonds is 7. The Morgan fingerprint density at radius 1 is 0.537 bits per heavy atom. The Morgan fingerprint density at radius 2 is 1.05 bits per heavy atom. The van der Waals surface area contributed by atoms with Crippen molar-refractivity contribution in [3.05, 3.63) is 169 Å². The van der Waals surface area contributed by atoms with Crippen molar-refractivity contribution in [2.75, 3.05) is 16.8 Å². The molecule has 0 saturated heterocycles. The third-order valence-electron chi connectivity index (χ3n) is 8.07. The third-order valence-corrected chi connectivity index (χ3v) is 8.07. The van der Waals surface area contributed by atoms with Gasteiger partial charge in [-0.05, 0) is 84.1 Å². The number of likely N-dealkylation sites (N-methyl/N-ethyl adjacent to an activating group) is 1. The lowest BCUT2D eigenvalue weighted by Crippen LogP contribution is -2.20. The first-order valence-electron chi connectivity index (χ1n) is 14.4. The number of nitrogens with zero attached hydrogens (tertiary/aromatic N) is 2. The van der Waals surface area contributed by atoms with Gasteiger partial charge in [0, 0.05) is 41.4 Å². The van der Waals surface area contributed by atoms with Crippen LogP contribution in [-0.4, -0.2) is 7.05 Å². The van der Waals surface area contributed by atoms with Gasteiger partial charge in [0.2, 0.25) is 0 Å². The summed E-state index contributed by atoms with van der Waals surface area (Å²) < 4.78 is 0. The normalized spacial score (nSPS) is 16.2. The van der Waals surface area contributed by atoms with Gasteiger partial charge in [0.05, 0.1) is 0 Å². The maximum absolute atomic E-state index is 2.39. The Kier molecular flexibility index (Phi) is 7.56. The van der Waals surface area contributed by atoms with Crippen molar-refractivity contribution in [2.24, 2.45) is 5.92 Å². The summed E-state index contributed by atoms with van der Waals surface area (Å²) in [6, 6.07) is 47.8. The number of benzene rings is 5. The standard InChI is InChI=1S/C39H36N2/c1-29-14-20-34(21-15-29)40(3)38-26-27-39(30(2)28-38)33-18-24-37(25-19-33)41(35-12-8-5-9-13-35)36-22-16-32(17-23-36)31-10-6-4-7-11-31/h4-28,30,39H,1-3H3. The topological polar surface area (TPSA) is 6.48 Å². The lowest BCUT2D eigenvalue weighted by Gasteiger charge is -2.29. The van der Waals surface area contributed by atoms with Crippen molar-refractivity contribution < 1.29 is 0 Å². The summed E-state index contributed by atoms with van der Waals surface area (Å²) in [4.78, 5) is 4.60. The number of allylic oxidation sites excluding steroid dienone is 3. The first kappa shape index (κ1) is 26.4. The van der Waals surface area contributed by atoms with Gasteiger partial charge < -0.3 is 9.80 Å². The van der Waals surface area contributed by atoms with E-state index in [9.17, 15) is 0 Å². The van der Waals surface area contributed by atoms with Crippen LogP contribution in [0, 0.1) is 12.8 Å². The fraction of sp³-hybridized carbons (Fsp3) is 0.128. The highest BCUT2D eigenvalue weighted by molar-refractivity contribution is 5.78. The molecule has 0 radical (unpaired) electrons. The first-order valence-corrected chi connectivity index (χ1v) is 14.4. The van der Waals surface area contributed by atoms with Crippen molar-refractivity contribution in [3.63, 3.8) is 0 Å². The molecule has 0 heterocycles. The second-order valence-electron chi connectivity index (χ2n) is 10.9. The Balaban J connectivity index is 1.24. The predicted molar refractivity (Wildman–Crippen MR) is 175 cm³/mol. The van der Waals surface area contributed by atoms with Crippen molar-refractivity contribution in [1.29, 1.82) is 0 Å². The van der Waals surface area contributed by atoms with Crippen molar-refractivity contribution in [3.8, 4) is 11.1 Å². The van der Waals surface area contributed by atoms with Gasteiger partial charge in [0.1, 0.15) is 0 Å². The van der Waals surface area contributed by atoms with Gasteiger partial charge in [-0.3, -0.25) is 0 Å². The van der Waals surface area contributed by atoms with Gasteiger partial charge >= 0.3 is 0 Å². The monoisotopic (exact) mass is 532 g/mol. The second kappa shape index (κ2) is 11.7. The average molecular weight is 533 g/mol. The zero-order valence-electron chi connectivity index (χ0n) is 24.0. The fourth-order valence-electron chi connectivity index (χ4n) is 5.67. The van der Waals surface area contributed by atoms with Gasteiger partial charge in [-0.2, -0.15) is 0 Å². The van der Waals surface area contributed by atoms with Crippen LogP contribution in [0.25, 0.3) is 11.1 Å². The lowest BCUT2D eigenvalue weighted by atomic mass is 9.83. The molecule has 0 spiro atoms. The van der Waals surface area contributed by atoms with E-state index in [-0.39, 0.29) is 0 Å². The molecular formula is C39H36N2. The first-order chi connectivity index (χ1) is 20.1. The van der Waals surface area contributed by atoms with Crippen LogP contribution >= 0.6 is 0 Å². The van der Waals surface area contributed by atoms with E-state index in [1.54, 1.807) is 0 Å². The smallest absolute Gasteiger partial charge is 0.0462 e. The molecule has 0 aromatic heterocycles. The molecular weight excluding hydrogens is 496 g/mol. The van der Waals surface area contributed by atoms with Gasteiger partial charge in [-0.1, -0.05) is 110 Å². The minimum Gasteiger partial charge on any atom is -0.345 e. The summed E-state index contributed by atoms with van der Waals surface area (Å²) in [5.74, 6) is 0.735. The lowest BCUT2D eigenvalue weighted by molar-refractivity contribution is 0.627. The van der Waals surface area contributed by atoms with Gasteiger partial charge in [-0.15, -0.1) is 0 Å². The Labute approximate surface area is 244 Å². The van der Waals surface area contributed by atoms with Crippen LogP contribution in [0.5, 0.6) is 0 Å². The number of anilines is 4. The molecule has 2 atom stereocenters. The highest BCUT2D eigenvalue weighted by atomic mass is 15.1. The van der Waals surface area contributed by atoms with Crippen LogP contribution in [0.1, 0.15) is 24.0 Å². The minimum absolute atomic E-state index is 0.342. The largest absolute Gasteiger partial charge is 0.345 e. The number of aryl methyl sites for hydroxylation is 1. The highest BCUT2D eigenvalue weighted by Crippen LogP contribution is 2.38. The van der Waals surface area contributed by atoms with Crippen LogP contribution in [0.4, 0.5) is 22.7 Å². The van der Waals surface area contributed by atoms with Gasteiger partial charge in [-0.25, -0.2) is 0 Å². The summed E-state index contributed by atoms with van der Waals surface area (Å²) >= 11 is 0. The molecule has 2 unspecified atom stereocenters. The molecule has 41 heavy (non-hydrogen) atoms. The molecule has 0 fully saturated rings. The highest BCUT2D eigenvalue weighted by Gasteiger charge is 2.21. The van der Waals surface area contributed by atoms with Crippen LogP contribution in [0.2, 0.25) is 0 Å². The quantitative estimate of drug-likeness (QED) is 0.206. The molecule has 0 amide bonds. The van der Waals surface area contributed by atoms with E-state index < -0.39 is 0 Å². The molecule has 0 saturated carbocycles. The summed E-state index contributed by atoms with van der Waals surface area (Å²) in [6.45, 7) is 4.44. The van der Waals surface area contributed by atoms with Crippen molar-refractivity contribution in [1.82, 2.24) is 0 Å². The molecule has 5 aromatic rings. The Hall–Kier alpha value is -4.82. The third kappa shape index (κ3) is 5.73. The fourth-order valence-corrected chi connectivity index (χ4v) is 5.67. The Morgan fingerprint density at radius 3 is 1.66 bits per heavy atom. The minimum atomic E-state index is 0.342. The van der Waals surface area contributed by atoms with Crippen molar-refractivity contribution in [2.45, 2.75) is 19.8 Å². The summed E-state index contributed by atoms with van der Waals surface area (Å²) in [5.41, 5.74) is 10.9. The van der Waals surface area contributed by atoms with Gasteiger partial charge in [0.15, 0.2) is 0 Å². The van der Waals surface area contributed by atoms with E-state index in [0.29, 0.717) is 11.8 Å². The van der Waals surface area contributed by atoms with E-state index >= 15 is 0 Å². The van der Waals surface area contributed by atoms with Crippen LogP contribution in [-0.2, 0) is 0 Å². The number of para-hydroxylation sites is 1. The maximum atomic E-state index is 2.39. The van der Waals surface area contributed by atoms with Gasteiger partial charge in [0.25, 0.3) is 0 Å². The summed E-state index contributed by atoms with van der Waals surface area (Å²) in [5, 5.41) is 0. The zero-order valence-corrected chi connectivity index (χ0v) is 24.0. The molecule has 0 aliphatic heterocycles. The summed E-state index contributed by atoms with van der Waals surface area (Å²) in [6.07, 6.45) is 7.02. The molecule has 1 aliphatic carbocycles. The number of hydrogen-bond donors (Lipinski definition) is 0. The molecule has 0 N–H and O–H groups in total. The second-order valence-corrected chi connectivity index (χ2v) is 10.9. The SMILES string of the molecule is Cc1ccc(N(C)C2=CC(C)C(c3ccc(N(c4ccccc4)c4ccc(-c5ccccc5)cc4)cc3)C=C2)cc1. The molecule has 1 aliphatic rings. The predicted octanol–water partition coefficient (Wildman–Crippen LogP) is 10.4. The van der Waals surface area contributed by atoms with Crippen molar-refractivity contribution >= 4 is 22.7 Å². The van der Waals surface area contributed by atoms with E-state index in [4.69, 9.17) is 0 Å². The molecule has 202 valence electrons. The molecule has 2 nitrogen and oxygen atoms in total. The van der Waals surface area contributed by atoms with E-state index in [0.717, 1.165) is 17.1 Å². The molecule has 2 heteroatoms. The molecule has 0 bridgehead atoms. The average Bonchev–Trinajstić information content (AvgIpc) is 3.03. The summed E-state index contributed by atoms with van der Waals surface area (Å²) in [7, 11) is 2.15. The molecule has 6 rings (SSSR count). The molecule has 5 aromatic carbocycles. The van der Waals surface area contributed by atoms with E-state index in [1.165, 1.54) is 33.6 Å². The van der Waals surface area contributed by atoms with Crippen LogP contribution in [0.15, 0.2) is 157 Å². The number of hydrogen-bond acceptors (Lipinski definition) is 2. The maximum Gasteiger partial charge on any atom is 0.0462 e. The van der Waals surface area contributed by atoms with Crippen LogP contribution in [0.3, 0.4) is 0 Å². The van der Waals surface area contributed by atoms with E-state index in [1.807, 2.05) is 0 Å². The zero-order chi connectivity index (χ0) is 28.2. The van der Waals surface area contributed by atoms with E-state index in [2.05, 4.69) is 182 Å². The Bertz CT molecular complexity index is 1630.